The van der Waals surface area contributed by atoms with Crippen molar-refractivity contribution in [1.82, 2.24) is 0 Å². The molecule has 0 spiro atoms. The van der Waals surface area contributed by atoms with Gasteiger partial charge < -0.3 is 14.0 Å². The average Bonchev–Trinajstić information content (AvgIpc) is 2.94. The summed E-state index contributed by atoms with van der Waals surface area (Å²) >= 11 is 0. The summed E-state index contributed by atoms with van der Waals surface area (Å²) in [5.74, 6) is -0.568. The van der Waals surface area contributed by atoms with E-state index in [-0.39, 0.29) is 41.6 Å². The van der Waals surface area contributed by atoms with Gasteiger partial charge in [-0.15, -0.1) is 0 Å². The van der Waals surface area contributed by atoms with Gasteiger partial charge in [0.1, 0.15) is 15.9 Å². The lowest BCUT2D eigenvalue weighted by Crippen LogP contribution is -2.37. The number of esters is 2. The second kappa shape index (κ2) is 10.2. The Morgan fingerprint density at radius 1 is 0.846 bits per heavy atom. The molecule has 1 unspecified atom stereocenters. The number of hydrogen-bond acceptors (Lipinski definition) is 7. The summed E-state index contributed by atoms with van der Waals surface area (Å²) in [7, 11) is -4.60. The van der Waals surface area contributed by atoms with Gasteiger partial charge in [-0.2, -0.15) is 0 Å². The van der Waals surface area contributed by atoms with Crippen molar-refractivity contribution in [3.05, 3.63) is 94.0 Å². The lowest BCUT2D eigenvalue weighted by Gasteiger charge is -2.44. The number of carbonyl (C=O) groups is 2. The third kappa shape index (κ3) is 4.76. The molecule has 4 aliphatic rings. The summed E-state index contributed by atoms with van der Waals surface area (Å²) in [6.07, 6.45) is 3.69. The largest absolute Gasteiger partial charge is 0.744 e. The fourth-order valence-electron chi connectivity index (χ4n) is 6.67. The highest BCUT2D eigenvalue weighted by molar-refractivity contribution is 7.85. The number of ether oxygens (including phenoxy) is 2. The lowest BCUT2D eigenvalue weighted by molar-refractivity contribution is -0.150. The van der Waals surface area contributed by atoms with Crippen molar-refractivity contribution >= 4 is 22.1 Å². The molecule has 0 aliphatic heterocycles. The summed E-state index contributed by atoms with van der Waals surface area (Å²) in [5, 5.41) is 0. The minimum absolute atomic E-state index is 0.0352. The van der Waals surface area contributed by atoms with Crippen LogP contribution in [-0.2, 0) is 37.3 Å². The van der Waals surface area contributed by atoms with Crippen LogP contribution < -0.4 is 4.74 Å². The highest BCUT2D eigenvalue weighted by Crippen LogP contribution is 2.55. The molecule has 0 saturated carbocycles. The van der Waals surface area contributed by atoms with Gasteiger partial charge in [-0.25, -0.2) is 8.42 Å². The highest BCUT2D eigenvalue weighted by atomic mass is 32.2. The van der Waals surface area contributed by atoms with Crippen LogP contribution in [0, 0.1) is 5.92 Å². The smallest absolute Gasteiger partial charge is 0.311 e. The first-order valence-electron chi connectivity index (χ1n) is 13.5. The summed E-state index contributed by atoms with van der Waals surface area (Å²) < 4.78 is 46.1. The molecule has 3 aromatic carbocycles. The van der Waals surface area contributed by atoms with Gasteiger partial charge >= 0.3 is 11.9 Å². The van der Waals surface area contributed by atoms with Crippen molar-refractivity contribution in [2.75, 3.05) is 6.61 Å². The molecular weight excluding hydrogens is 516 g/mol. The first kappa shape index (κ1) is 25.8. The van der Waals surface area contributed by atoms with Crippen LogP contribution in [-0.4, -0.2) is 31.5 Å². The van der Waals surface area contributed by atoms with E-state index in [0.29, 0.717) is 42.6 Å². The van der Waals surface area contributed by atoms with Crippen molar-refractivity contribution in [1.29, 1.82) is 0 Å². The number of fused-ring (bicyclic) bond motifs is 2. The summed E-state index contributed by atoms with van der Waals surface area (Å²) in [4.78, 5) is 25.5. The molecular formula is C31H29O7S-. The maximum absolute atomic E-state index is 13.2. The third-order valence-corrected chi connectivity index (χ3v) is 9.24. The van der Waals surface area contributed by atoms with E-state index in [4.69, 9.17) is 9.47 Å². The topological polar surface area (TPSA) is 110 Å². The first-order valence-corrected chi connectivity index (χ1v) is 14.9. The van der Waals surface area contributed by atoms with Crippen LogP contribution in [0.25, 0.3) is 0 Å². The van der Waals surface area contributed by atoms with Crippen LogP contribution in [0.1, 0.15) is 77.3 Å². The van der Waals surface area contributed by atoms with Crippen LogP contribution in [0.2, 0.25) is 0 Å². The van der Waals surface area contributed by atoms with E-state index >= 15 is 0 Å². The predicted molar refractivity (Wildman–Crippen MR) is 142 cm³/mol. The summed E-state index contributed by atoms with van der Waals surface area (Å²) in [6.45, 7) is 0.108. The fraction of sp³-hybridized carbons (Fsp3) is 0.355. The van der Waals surface area contributed by atoms with E-state index in [0.717, 1.165) is 12.8 Å². The van der Waals surface area contributed by atoms with Crippen molar-refractivity contribution in [3.8, 4) is 5.75 Å². The molecule has 0 fully saturated rings. The monoisotopic (exact) mass is 545 g/mol. The van der Waals surface area contributed by atoms with Crippen LogP contribution in [0.3, 0.4) is 0 Å². The Hall–Kier alpha value is -3.49. The third-order valence-electron chi connectivity index (χ3n) is 8.32. The second-order valence-electron chi connectivity index (χ2n) is 10.6. The van der Waals surface area contributed by atoms with E-state index in [9.17, 15) is 22.6 Å². The van der Waals surface area contributed by atoms with Crippen LogP contribution >= 0.6 is 0 Å². The summed E-state index contributed by atoms with van der Waals surface area (Å²) in [5.41, 5.74) is 6.03. The van der Waals surface area contributed by atoms with Gasteiger partial charge in [-0.1, -0.05) is 48.5 Å². The van der Waals surface area contributed by atoms with Crippen LogP contribution in [0.4, 0.5) is 0 Å². The fourth-order valence-corrected chi connectivity index (χ4v) is 7.43. The van der Waals surface area contributed by atoms with Gasteiger partial charge in [0.25, 0.3) is 0 Å². The van der Waals surface area contributed by atoms with E-state index in [1.165, 1.54) is 34.4 Å². The Labute approximate surface area is 227 Å². The minimum atomic E-state index is -4.60. The molecule has 4 aliphatic carbocycles. The van der Waals surface area contributed by atoms with Crippen LogP contribution in [0.5, 0.6) is 5.75 Å². The van der Waals surface area contributed by atoms with E-state index in [1.807, 2.05) is 24.3 Å². The average molecular weight is 546 g/mol. The Bertz CT molecular complexity index is 1510. The predicted octanol–water partition coefficient (Wildman–Crippen LogP) is 5.00. The number of rotatable bonds is 7. The Morgan fingerprint density at radius 2 is 1.46 bits per heavy atom. The zero-order chi connectivity index (χ0) is 27.1. The molecule has 202 valence electrons. The molecule has 0 aromatic heterocycles. The van der Waals surface area contributed by atoms with Gasteiger partial charge in [0, 0.05) is 18.3 Å². The highest BCUT2D eigenvalue weighted by Gasteiger charge is 2.46. The zero-order valence-electron chi connectivity index (χ0n) is 21.4. The number of benzene rings is 3. The Balaban J connectivity index is 1.07. The second-order valence-corrected chi connectivity index (χ2v) is 11.9. The lowest BCUT2D eigenvalue weighted by atomic mass is 9.59. The van der Waals surface area contributed by atoms with E-state index in [1.54, 1.807) is 0 Å². The molecule has 1 atom stereocenters. The molecule has 7 nitrogen and oxygen atoms in total. The van der Waals surface area contributed by atoms with Crippen molar-refractivity contribution < 1.29 is 32.0 Å². The number of hydrogen-bond donors (Lipinski definition) is 0. The van der Waals surface area contributed by atoms with Gasteiger partial charge in [-0.05, 0) is 84.0 Å². The zero-order valence-corrected chi connectivity index (χ0v) is 22.2. The molecule has 7 rings (SSSR count). The van der Waals surface area contributed by atoms with Crippen molar-refractivity contribution in [3.63, 3.8) is 0 Å². The molecule has 3 aromatic rings. The molecule has 0 radical (unpaired) electrons. The van der Waals surface area contributed by atoms with Gasteiger partial charge in [-0.3, -0.25) is 9.59 Å². The molecule has 0 N–H and O–H groups in total. The normalized spacial score (nSPS) is 20.9. The maximum atomic E-state index is 13.2. The molecule has 0 saturated heterocycles. The SMILES string of the molecule is O=C(CCCOC(=O)C1CC2c3ccccc3C1c1ccccc12)Oc1ccc(S(=O)(=O)[O-])c2c1CCCC2. The number of carbonyl (C=O) groups excluding carboxylic acids is 2. The first-order chi connectivity index (χ1) is 18.8. The quantitative estimate of drug-likeness (QED) is 0.178. The summed E-state index contributed by atoms with van der Waals surface area (Å²) in [6, 6.07) is 19.3. The van der Waals surface area contributed by atoms with Crippen molar-refractivity contribution in [2.45, 2.75) is 61.7 Å². The Morgan fingerprint density at radius 3 is 2.10 bits per heavy atom. The molecule has 39 heavy (non-hydrogen) atoms. The van der Waals surface area contributed by atoms with Gasteiger partial charge in [0.05, 0.1) is 17.4 Å². The maximum Gasteiger partial charge on any atom is 0.311 e. The molecule has 8 heteroatoms. The minimum Gasteiger partial charge on any atom is -0.744 e. The molecule has 0 heterocycles. The Kier molecular flexibility index (Phi) is 6.77. The standard InChI is InChI=1S/C31H30O7S/c32-29(38-27-15-16-28(39(34,35)36)22-11-4-3-10-21(22)27)14-7-17-37-31(33)26-18-25-19-8-1-5-12-23(19)30(26)24-13-6-2-9-20(24)25/h1-2,5-6,8-9,12-13,15-16,25-26,30H,3-4,7,10-11,14,17-18H2,(H,34,35,36)/p-1. The van der Waals surface area contributed by atoms with Gasteiger partial charge in [0.2, 0.25) is 0 Å². The van der Waals surface area contributed by atoms with E-state index in [2.05, 4.69) is 24.3 Å². The molecule has 0 amide bonds. The van der Waals surface area contributed by atoms with E-state index < -0.39 is 16.1 Å². The van der Waals surface area contributed by atoms with Crippen molar-refractivity contribution in [2.24, 2.45) is 5.92 Å². The van der Waals surface area contributed by atoms with Crippen LogP contribution in [0.15, 0.2) is 65.6 Å². The van der Waals surface area contributed by atoms with Gasteiger partial charge in [0.15, 0.2) is 0 Å². The molecule has 2 bridgehead atoms.